The Bertz CT molecular complexity index is 1070. The standard InChI is InChI=1S/C20H23N5O3S/c1-15(26)24-18-9-5-16(6-10-18)17-7-11-19(12-8-17)29(27,28)23-13-3-4-20-21-14-22-25(20)2/h5-12,14,23H,3-4,13H2,1-2H3,(H,24,26). The highest BCUT2D eigenvalue weighted by Crippen LogP contribution is 2.23. The minimum Gasteiger partial charge on any atom is -0.326 e. The molecule has 2 aromatic carbocycles. The maximum atomic E-state index is 12.5. The van der Waals surface area contributed by atoms with Crippen LogP contribution in [0.1, 0.15) is 19.2 Å². The molecule has 0 aliphatic heterocycles. The van der Waals surface area contributed by atoms with Crippen molar-refractivity contribution in [3.63, 3.8) is 0 Å². The van der Waals surface area contributed by atoms with Crippen LogP contribution in [0, 0.1) is 0 Å². The number of nitrogens with one attached hydrogen (secondary N) is 2. The Kier molecular flexibility index (Phi) is 6.40. The molecule has 0 fully saturated rings. The number of aryl methyl sites for hydroxylation is 2. The second-order valence-corrected chi connectivity index (χ2v) is 8.35. The van der Waals surface area contributed by atoms with E-state index in [0.717, 1.165) is 17.0 Å². The van der Waals surface area contributed by atoms with Crippen LogP contribution in [0.15, 0.2) is 59.8 Å². The van der Waals surface area contributed by atoms with Crippen molar-refractivity contribution in [2.45, 2.75) is 24.7 Å². The molecule has 0 saturated heterocycles. The van der Waals surface area contributed by atoms with Gasteiger partial charge in [-0.05, 0) is 41.8 Å². The normalized spacial score (nSPS) is 11.4. The van der Waals surface area contributed by atoms with Crippen molar-refractivity contribution >= 4 is 21.6 Å². The zero-order chi connectivity index (χ0) is 20.9. The molecule has 1 aromatic heterocycles. The van der Waals surface area contributed by atoms with Gasteiger partial charge in [0.2, 0.25) is 15.9 Å². The lowest BCUT2D eigenvalue weighted by atomic mass is 10.1. The average Bonchev–Trinajstić information content (AvgIpc) is 3.10. The third-order valence-electron chi connectivity index (χ3n) is 4.38. The molecule has 0 atom stereocenters. The van der Waals surface area contributed by atoms with Crippen molar-refractivity contribution < 1.29 is 13.2 Å². The van der Waals surface area contributed by atoms with Crippen LogP contribution in [-0.2, 0) is 28.3 Å². The number of sulfonamides is 1. The smallest absolute Gasteiger partial charge is 0.240 e. The summed E-state index contributed by atoms with van der Waals surface area (Å²) in [6, 6.07) is 14.1. The largest absolute Gasteiger partial charge is 0.326 e. The predicted octanol–water partition coefficient (Wildman–Crippen LogP) is 2.35. The van der Waals surface area contributed by atoms with Crippen LogP contribution in [0.3, 0.4) is 0 Å². The highest BCUT2D eigenvalue weighted by atomic mass is 32.2. The number of rotatable bonds is 8. The lowest BCUT2D eigenvalue weighted by Crippen LogP contribution is -2.25. The van der Waals surface area contributed by atoms with Gasteiger partial charge in [-0.25, -0.2) is 18.1 Å². The quantitative estimate of drug-likeness (QED) is 0.552. The lowest BCUT2D eigenvalue weighted by molar-refractivity contribution is -0.114. The Labute approximate surface area is 170 Å². The summed E-state index contributed by atoms with van der Waals surface area (Å²) < 4.78 is 29.2. The second kappa shape index (κ2) is 8.97. The molecule has 0 spiro atoms. The Morgan fingerprint density at radius 2 is 1.66 bits per heavy atom. The molecule has 3 rings (SSSR count). The van der Waals surface area contributed by atoms with E-state index in [4.69, 9.17) is 0 Å². The van der Waals surface area contributed by atoms with Crippen LogP contribution in [-0.4, -0.2) is 35.6 Å². The van der Waals surface area contributed by atoms with Crippen LogP contribution in [0.5, 0.6) is 0 Å². The Morgan fingerprint density at radius 3 is 2.21 bits per heavy atom. The van der Waals surface area contributed by atoms with Crippen LogP contribution in [0.4, 0.5) is 5.69 Å². The number of benzene rings is 2. The molecule has 152 valence electrons. The van der Waals surface area contributed by atoms with Crippen LogP contribution >= 0.6 is 0 Å². The molecule has 0 saturated carbocycles. The van der Waals surface area contributed by atoms with Crippen LogP contribution in [0.25, 0.3) is 11.1 Å². The number of anilines is 1. The highest BCUT2D eigenvalue weighted by molar-refractivity contribution is 7.89. The fourth-order valence-electron chi connectivity index (χ4n) is 2.86. The monoisotopic (exact) mass is 413 g/mol. The van der Waals surface area contributed by atoms with Gasteiger partial charge < -0.3 is 5.32 Å². The molecule has 0 bridgehead atoms. The molecule has 3 aromatic rings. The Balaban J connectivity index is 1.59. The van der Waals surface area contributed by atoms with Gasteiger partial charge in [0.15, 0.2) is 0 Å². The first kappa shape index (κ1) is 20.7. The van der Waals surface area contributed by atoms with Crippen molar-refractivity contribution in [3.05, 3.63) is 60.7 Å². The summed E-state index contributed by atoms with van der Waals surface area (Å²) in [5.41, 5.74) is 2.53. The number of carbonyl (C=O) groups is 1. The Morgan fingerprint density at radius 1 is 1.03 bits per heavy atom. The van der Waals surface area contributed by atoms with E-state index < -0.39 is 10.0 Å². The highest BCUT2D eigenvalue weighted by Gasteiger charge is 2.13. The molecule has 1 heterocycles. The molecule has 0 aliphatic carbocycles. The van der Waals surface area contributed by atoms with E-state index >= 15 is 0 Å². The molecule has 0 unspecified atom stereocenters. The molecular weight excluding hydrogens is 390 g/mol. The molecule has 29 heavy (non-hydrogen) atoms. The molecule has 0 radical (unpaired) electrons. The number of aromatic nitrogens is 3. The third kappa shape index (κ3) is 5.49. The second-order valence-electron chi connectivity index (χ2n) is 6.58. The Hall–Kier alpha value is -3.04. The van der Waals surface area contributed by atoms with Gasteiger partial charge in [0, 0.05) is 32.6 Å². The summed E-state index contributed by atoms with van der Waals surface area (Å²) in [7, 11) is -1.76. The molecule has 9 heteroatoms. The molecule has 8 nitrogen and oxygen atoms in total. The van der Waals surface area contributed by atoms with Crippen LogP contribution < -0.4 is 10.0 Å². The topological polar surface area (TPSA) is 106 Å². The van der Waals surface area contributed by atoms with E-state index in [-0.39, 0.29) is 10.8 Å². The van der Waals surface area contributed by atoms with Crippen molar-refractivity contribution in [2.75, 3.05) is 11.9 Å². The van der Waals surface area contributed by atoms with E-state index in [2.05, 4.69) is 20.1 Å². The van der Waals surface area contributed by atoms with E-state index in [0.29, 0.717) is 25.1 Å². The van der Waals surface area contributed by atoms with E-state index in [9.17, 15) is 13.2 Å². The van der Waals surface area contributed by atoms with Crippen molar-refractivity contribution in [2.24, 2.45) is 7.05 Å². The van der Waals surface area contributed by atoms with Gasteiger partial charge in [-0.15, -0.1) is 0 Å². The molecule has 0 aliphatic rings. The maximum Gasteiger partial charge on any atom is 0.240 e. The molecule has 2 N–H and O–H groups in total. The van der Waals surface area contributed by atoms with Crippen molar-refractivity contribution in [1.29, 1.82) is 0 Å². The first-order valence-corrected chi connectivity index (χ1v) is 10.6. The van der Waals surface area contributed by atoms with Gasteiger partial charge in [-0.3, -0.25) is 9.48 Å². The van der Waals surface area contributed by atoms with E-state index in [1.807, 2.05) is 12.1 Å². The van der Waals surface area contributed by atoms with Gasteiger partial charge in [0.05, 0.1) is 4.90 Å². The maximum absolute atomic E-state index is 12.5. The first-order valence-electron chi connectivity index (χ1n) is 9.16. The van der Waals surface area contributed by atoms with Gasteiger partial charge in [0.25, 0.3) is 0 Å². The predicted molar refractivity (Wildman–Crippen MR) is 111 cm³/mol. The fourth-order valence-corrected chi connectivity index (χ4v) is 3.93. The average molecular weight is 414 g/mol. The van der Waals surface area contributed by atoms with E-state index in [1.54, 1.807) is 48.1 Å². The number of hydrogen-bond donors (Lipinski definition) is 2. The molecule has 1 amide bonds. The molecular formula is C20H23N5O3S. The lowest BCUT2D eigenvalue weighted by Gasteiger charge is -2.09. The first-order chi connectivity index (χ1) is 13.8. The van der Waals surface area contributed by atoms with Gasteiger partial charge in [0.1, 0.15) is 12.2 Å². The summed E-state index contributed by atoms with van der Waals surface area (Å²) in [6.07, 6.45) is 2.76. The zero-order valence-corrected chi connectivity index (χ0v) is 17.1. The summed E-state index contributed by atoms with van der Waals surface area (Å²) in [6.45, 7) is 1.78. The number of hydrogen-bond acceptors (Lipinski definition) is 5. The van der Waals surface area contributed by atoms with E-state index in [1.165, 1.54) is 13.3 Å². The van der Waals surface area contributed by atoms with Gasteiger partial charge in [-0.2, -0.15) is 5.10 Å². The van der Waals surface area contributed by atoms with Gasteiger partial charge in [-0.1, -0.05) is 24.3 Å². The number of carbonyl (C=O) groups excluding carboxylic acids is 1. The summed E-state index contributed by atoms with van der Waals surface area (Å²) in [5, 5.41) is 6.70. The zero-order valence-electron chi connectivity index (χ0n) is 16.3. The van der Waals surface area contributed by atoms with Gasteiger partial charge >= 0.3 is 0 Å². The van der Waals surface area contributed by atoms with Crippen LogP contribution in [0.2, 0.25) is 0 Å². The number of amides is 1. The number of nitrogens with zero attached hydrogens (tertiary/aromatic N) is 3. The van der Waals surface area contributed by atoms with Crippen molar-refractivity contribution in [3.8, 4) is 11.1 Å². The fraction of sp³-hybridized carbons (Fsp3) is 0.250. The summed E-state index contributed by atoms with van der Waals surface area (Å²) in [5.74, 6) is 0.689. The van der Waals surface area contributed by atoms with Crippen molar-refractivity contribution in [1.82, 2.24) is 19.5 Å². The minimum atomic E-state index is -3.57. The minimum absolute atomic E-state index is 0.128. The SMILES string of the molecule is CC(=O)Nc1ccc(-c2ccc(S(=O)(=O)NCCCc3ncnn3C)cc2)cc1. The summed E-state index contributed by atoms with van der Waals surface area (Å²) >= 11 is 0. The third-order valence-corrected chi connectivity index (χ3v) is 5.85. The summed E-state index contributed by atoms with van der Waals surface area (Å²) in [4.78, 5) is 15.4.